The monoisotopic (exact) mass is 466 g/mol. The second-order valence-electron chi connectivity index (χ2n) is 5.50. The highest BCUT2D eigenvalue weighted by molar-refractivity contribution is 8.29. The van der Waals surface area contributed by atoms with Crippen LogP contribution >= 0.6 is 46.2 Å². The van der Waals surface area contributed by atoms with Gasteiger partial charge in [-0.15, -0.1) is 22.7 Å². The summed E-state index contributed by atoms with van der Waals surface area (Å²) < 4.78 is 9.90. The number of carbonyl (C=O) groups excluding carboxylic acids is 4. The van der Waals surface area contributed by atoms with Gasteiger partial charge in [-0.25, -0.2) is 9.59 Å². The van der Waals surface area contributed by atoms with Crippen LogP contribution in [0.5, 0.6) is 0 Å². The Bertz CT molecular complexity index is 985. The van der Waals surface area contributed by atoms with E-state index in [-0.39, 0.29) is 33.4 Å². The zero-order valence-corrected chi connectivity index (χ0v) is 18.5. The third kappa shape index (κ3) is 4.72. The number of ether oxygens (including phenoxy) is 2. The number of hydrogen-bond acceptors (Lipinski definition) is 10. The number of rotatable bonds is 7. The Hall–Kier alpha value is -2.14. The second kappa shape index (κ2) is 9.57. The molecule has 1 aliphatic rings. The van der Waals surface area contributed by atoms with Crippen LogP contribution in [0.3, 0.4) is 0 Å². The van der Waals surface area contributed by atoms with Gasteiger partial charge in [0.25, 0.3) is 0 Å². The predicted octanol–water partition coefficient (Wildman–Crippen LogP) is 4.51. The fourth-order valence-corrected chi connectivity index (χ4v) is 6.27. The van der Waals surface area contributed by atoms with E-state index in [2.05, 4.69) is 0 Å². The lowest BCUT2D eigenvalue weighted by Gasteiger charge is -2.08. The van der Waals surface area contributed by atoms with Gasteiger partial charge in [-0.2, -0.15) is 0 Å². The zero-order valence-electron chi connectivity index (χ0n) is 15.3. The van der Waals surface area contributed by atoms with Crippen molar-refractivity contribution in [3.8, 4) is 0 Å². The highest BCUT2D eigenvalue weighted by Gasteiger charge is 2.36. The number of Topliss-reactive ketones (excluding diaryl/α,β-unsaturated/α-hetero) is 2. The molecule has 0 spiro atoms. The molecule has 0 aliphatic carbocycles. The molecular formula is C19H14O6S4. The first-order chi connectivity index (χ1) is 14.0. The lowest BCUT2D eigenvalue weighted by molar-refractivity contribution is -0.138. The molecule has 6 nitrogen and oxygen atoms in total. The fourth-order valence-electron chi connectivity index (χ4n) is 2.36. The van der Waals surface area contributed by atoms with Crippen LogP contribution < -0.4 is 0 Å². The van der Waals surface area contributed by atoms with Crippen molar-refractivity contribution in [2.75, 3.05) is 14.2 Å². The number of allylic oxidation sites excluding steroid dienone is 1. The molecule has 0 aromatic carbocycles. The summed E-state index contributed by atoms with van der Waals surface area (Å²) in [6.45, 7) is 0. The molecule has 0 N–H and O–H groups in total. The van der Waals surface area contributed by atoms with Crippen molar-refractivity contribution >= 4 is 69.7 Å². The molecule has 0 fully saturated rings. The minimum atomic E-state index is -0.703. The number of thioether (sulfide) groups is 2. The highest BCUT2D eigenvalue weighted by atomic mass is 32.2. The molecule has 3 heterocycles. The van der Waals surface area contributed by atoms with Crippen molar-refractivity contribution in [3.05, 3.63) is 64.4 Å². The van der Waals surface area contributed by atoms with Gasteiger partial charge >= 0.3 is 11.9 Å². The van der Waals surface area contributed by atoms with Gasteiger partial charge in [0.15, 0.2) is 5.78 Å². The minimum Gasteiger partial charge on any atom is -0.465 e. The Morgan fingerprint density at radius 2 is 1.34 bits per heavy atom. The summed E-state index contributed by atoms with van der Waals surface area (Å²) in [5.41, 5.74) is 0.237. The van der Waals surface area contributed by atoms with Crippen LogP contribution in [0, 0.1) is 0 Å². The van der Waals surface area contributed by atoms with Crippen molar-refractivity contribution in [2.24, 2.45) is 0 Å². The molecule has 0 saturated heterocycles. The van der Waals surface area contributed by atoms with Gasteiger partial charge in [0, 0.05) is 12.0 Å². The molecule has 0 atom stereocenters. The van der Waals surface area contributed by atoms with E-state index in [1.54, 1.807) is 35.0 Å². The van der Waals surface area contributed by atoms with Crippen LogP contribution in [-0.2, 0) is 19.1 Å². The number of esters is 2. The second-order valence-corrected chi connectivity index (χ2v) is 9.69. The van der Waals surface area contributed by atoms with E-state index >= 15 is 0 Å². The summed E-state index contributed by atoms with van der Waals surface area (Å²) in [5, 5.41) is 3.55. The highest BCUT2D eigenvalue weighted by Crippen LogP contribution is 2.52. The number of methoxy groups -OCH3 is 2. The van der Waals surface area contributed by atoms with Gasteiger partial charge in [0.05, 0.1) is 28.2 Å². The Labute approximate surface area is 183 Å². The average Bonchev–Trinajstić information content (AvgIpc) is 3.50. The maximum atomic E-state index is 13.1. The molecule has 150 valence electrons. The predicted molar refractivity (Wildman–Crippen MR) is 115 cm³/mol. The normalized spacial score (nSPS) is 13.4. The summed E-state index contributed by atoms with van der Waals surface area (Å²) >= 11 is 4.45. The molecule has 0 radical (unpaired) electrons. The maximum Gasteiger partial charge on any atom is 0.346 e. The molecule has 3 rings (SSSR count). The number of hydrogen-bond donors (Lipinski definition) is 0. The van der Waals surface area contributed by atoms with E-state index in [1.807, 2.05) is 0 Å². The lowest BCUT2D eigenvalue weighted by atomic mass is 10.0. The summed E-state index contributed by atoms with van der Waals surface area (Å²) in [6.07, 6.45) is -0.143. The number of thiophene rings is 2. The smallest absolute Gasteiger partial charge is 0.346 e. The van der Waals surface area contributed by atoms with E-state index in [9.17, 15) is 19.2 Å². The third-order valence-corrected chi connectivity index (χ3v) is 8.16. The average molecular weight is 467 g/mol. The maximum absolute atomic E-state index is 13.1. The lowest BCUT2D eigenvalue weighted by Crippen LogP contribution is -2.09. The van der Waals surface area contributed by atoms with Gasteiger partial charge < -0.3 is 9.47 Å². The van der Waals surface area contributed by atoms with Crippen LogP contribution in [0.1, 0.15) is 25.8 Å². The van der Waals surface area contributed by atoms with Gasteiger partial charge in [0.2, 0.25) is 5.78 Å². The van der Waals surface area contributed by atoms with Gasteiger partial charge in [-0.1, -0.05) is 35.7 Å². The van der Waals surface area contributed by atoms with Crippen molar-refractivity contribution in [1.29, 1.82) is 0 Å². The number of ketones is 2. The van der Waals surface area contributed by atoms with E-state index in [0.717, 1.165) is 23.5 Å². The molecule has 0 saturated carbocycles. The SMILES string of the molecule is COC(=O)C1=C(C(=O)OC)SC(=C(CC(=O)c2cccs2)C(=O)c2cccs2)S1. The van der Waals surface area contributed by atoms with Gasteiger partial charge in [0.1, 0.15) is 9.81 Å². The zero-order chi connectivity index (χ0) is 21.0. The first-order valence-electron chi connectivity index (χ1n) is 8.11. The van der Waals surface area contributed by atoms with Crippen molar-refractivity contribution in [1.82, 2.24) is 0 Å². The van der Waals surface area contributed by atoms with Crippen LogP contribution in [-0.4, -0.2) is 37.7 Å². The molecule has 2 aromatic rings. The van der Waals surface area contributed by atoms with Gasteiger partial charge in [-0.05, 0) is 22.9 Å². The molecule has 2 aromatic heterocycles. The van der Waals surface area contributed by atoms with E-state index in [0.29, 0.717) is 14.0 Å². The molecule has 0 bridgehead atoms. The number of carbonyl (C=O) groups is 4. The molecule has 29 heavy (non-hydrogen) atoms. The largest absolute Gasteiger partial charge is 0.465 e. The quantitative estimate of drug-likeness (QED) is 0.335. The Morgan fingerprint density at radius 3 is 1.79 bits per heavy atom. The van der Waals surface area contributed by atoms with Crippen molar-refractivity contribution in [3.63, 3.8) is 0 Å². The minimum absolute atomic E-state index is 0.0411. The summed E-state index contributed by atoms with van der Waals surface area (Å²) in [4.78, 5) is 51.2. The standard InChI is InChI=1S/C19H14O6S4/c1-24-17(22)15-16(18(23)25-2)29-19(28-15)10(14(21)13-6-4-8-27-13)9-11(20)12-5-3-7-26-12/h3-8H,9H2,1-2H3. The van der Waals surface area contributed by atoms with E-state index < -0.39 is 11.9 Å². The molecule has 0 amide bonds. The Balaban J connectivity index is 2.02. The Morgan fingerprint density at radius 1 is 0.828 bits per heavy atom. The van der Waals surface area contributed by atoms with Crippen LogP contribution in [0.15, 0.2) is 54.6 Å². The first-order valence-corrected chi connectivity index (χ1v) is 11.5. The van der Waals surface area contributed by atoms with Crippen molar-refractivity contribution in [2.45, 2.75) is 6.42 Å². The Kier molecular flexibility index (Phi) is 7.12. The van der Waals surface area contributed by atoms with Crippen molar-refractivity contribution < 1.29 is 28.7 Å². The molecule has 10 heteroatoms. The first kappa shape index (κ1) is 21.6. The molecule has 0 unspecified atom stereocenters. The molecule has 1 aliphatic heterocycles. The summed E-state index contributed by atoms with van der Waals surface area (Å²) in [5.74, 6) is -1.93. The van der Waals surface area contributed by atoms with Crippen LogP contribution in [0.25, 0.3) is 0 Å². The summed E-state index contributed by atoms with van der Waals surface area (Å²) in [6, 6.07) is 6.87. The topological polar surface area (TPSA) is 86.7 Å². The van der Waals surface area contributed by atoms with E-state index in [1.165, 1.54) is 36.9 Å². The van der Waals surface area contributed by atoms with Crippen LogP contribution in [0.2, 0.25) is 0 Å². The van der Waals surface area contributed by atoms with Gasteiger partial charge in [-0.3, -0.25) is 9.59 Å². The fraction of sp³-hybridized carbons (Fsp3) is 0.158. The van der Waals surface area contributed by atoms with Crippen LogP contribution in [0.4, 0.5) is 0 Å². The summed E-state index contributed by atoms with van der Waals surface area (Å²) in [7, 11) is 2.41. The third-order valence-electron chi connectivity index (χ3n) is 3.74. The van der Waals surface area contributed by atoms with E-state index in [4.69, 9.17) is 9.47 Å². The molecular weight excluding hydrogens is 452 g/mol.